The van der Waals surface area contributed by atoms with Gasteiger partial charge in [0.05, 0.1) is 30.5 Å². The van der Waals surface area contributed by atoms with Gasteiger partial charge >= 0.3 is 5.97 Å². The van der Waals surface area contributed by atoms with E-state index < -0.39 is 17.2 Å². The van der Waals surface area contributed by atoms with Crippen LogP contribution < -0.4 is 15.8 Å². The molecule has 1 saturated carbocycles. The van der Waals surface area contributed by atoms with E-state index in [-0.39, 0.29) is 33.7 Å². The molecule has 15 heteroatoms. The highest BCUT2D eigenvalue weighted by atomic mass is 35.5. The van der Waals surface area contributed by atoms with Crippen molar-refractivity contribution in [1.29, 1.82) is 0 Å². The highest BCUT2D eigenvalue weighted by molar-refractivity contribution is 7.80. The highest BCUT2D eigenvalue weighted by Crippen LogP contribution is 2.41. The number of anilines is 1. The van der Waals surface area contributed by atoms with Crippen molar-refractivity contribution >= 4 is 68.1 Å². The fraction of sp³-hybridized carbons (Fsp3) is 0.321. The van der Waals surface area contributed by atoms with Crippen LogP contribution in [0.2, 0.25) is 5.02 Å². The van der Waals surface area contributed by atoms with E-state index in [1.165, 1.54) is 13.3 Å². The van der Waals surface area contributed by atoms with E-state index in [1.54, 1.807) is 33.4 Å². The molecule has 224 valence electrons. The van der Waals surface area contributed by atoms with Crippen molar-refractivity contribution in [1.82, 2.24) is 19.5 Å². The normalized spacial score (nSPS) is 16.0. The molecule has 0 bridgehead atoms. The van der Waals surface area contributed by atoms with Crippen LogP contribution in [0.3, 0.4) is 0 Å². The first-order valence-electron chi connectivity index (χ1n) is 13.5. The minimum Gasteiger partial charge on any atom is -0.493 e. The summed E-state index contributed by atoms with van der Waals surface area (Å²) in [7, 11) is 1.39. The van der Waals surface area contributed by atoms with E-state index in [0.717, 1.165) is 18.9 Å². The molecule has 43 heavy (non-hydrogen) atoms. The fourth-order valence-corrected chi connectivity index (χ4v) is 5.78. The number of thiocarbonyl (C=S) groups is 1. The average Bonchev–Trinajstić information content (AvgIpc) is 3.79. The number of azo groups is 1. The Morgan fingerprint density at radius 3 is 2.58 bits per heavy atom. The van der Waals surface area contributed by atoms with Crippen molar-refractivity contribution in [3.05, 3.63) is 63.2 Å². The van der Waals surface area contributed by atoms with Gasteiger partial charge in [0.2, 0.25) is 16.4 Å². The molecule has 0 unspecified atom stereocenters. The molecule has 2 aromatic heterocycles. The van der Waals surface area contributed by atoms with Gasteiger partial charge in [-0.25, -0.2) is 14.7 Å². The lowest BCUT2D eigenvalue weighted by atomic mass is 10.1. The lowest BCUT2D eigenvalue weighted by Gasteiger charge is -2.36. The van der Waals surface area contributed by atoms with Crippen LogP contribution in [0.25, 0.3) is 21.8 Å². The Morgan fingerprint density at radius 2 is 1.91 bits per heavy atom. The van der Waals surface area contributed by atoms with Crippen LogP contribution in [0.1, 0.15) is 29.2 Å². The van der Waals surface area contributed by atoms with Gasteiger partial charge < -0.3 is 19.7 Å². The Morgan fingerprint density at radius 1 is 1.16 bits per heavy atom. The third-order valence-corrected chi connectivity index (χ3v) is 8.13. The molecule has 12 nitrogen and oxygen atoms in total. The molecule has 2 fully saturated rings. The summed E-state index contributed by atoms with van der Waals surface area (Å²) in [5.74, 6) is -2.01. The number of carboxylic acid groups (broad SMARTS) is 1. The summed E-state index contributed by atoms with van der Waals surface area (Å²) in [5, 5.41) is 29.8. The maximum absolute atomic E-state index is 15.4. The number of aromatic carboxylic acids is 1. The number of nitrogens with zero attached hydrogens (tertiary/aromatic N) is 6. The predicted molar refractivity (Wildman–Crippen MR) is 163 cm³/mol. The molecule has 1 saturated heterocycles. The number of aromatic hydroxyl groups is 1. The SMILES string of the molecule is CONC(=S)N=Nc1c(O)n(CN2CCN(c3cc4c(cc3F)c(=O)c(C(=O)O)cn4C3CC3)CC2)c2ccc(Cl)cc12. The van der Waals surface area contributed by atoms with E-state index in [0.29, 0.717) is 60.0 Å². The number of benzene rings is 2. The first kappa shape index (κ1) is 29.0. The van der Waals surface area contributed by atoms with Crippen molar-refractivity contribution in [2.45, 2.75) is 25.6 Å². The first-order valence-corrected chi connectivity index (χ1v) is 14.3. The topological polar surface area (TPSA) is 137 Å². The number of aromatic nitrogens is 2. The Labute approximate surface area is 254 Å². The Hall–Kier alpha value is -4.11. The minimum atomic E-state index is -1.33. The summed E-state index contributed by atoms with van der Waals surface area (Å²) in [4.78, 5) is 33.2. The molecule has 1 aliphatic heterocycles. The third kappa shape index (κ3) is 5.54. The molecular weight excluding hydrogens is 601 g/mol. The Bertz CT molecular complexity index is 1860. The zero-order valence-corrected chi connectivity index (χ0v) is 24.5. The molecular formula is C28H27ClFN7O5S. The standard InChI is InChI=1S/C28H27ClFN7O5S/c1-42-33-28(43)32-31-24-17-10-15(29)2-5-21(17)37(26(24)39)14-34-6-8-35(9-7-34)23-12-22-18(11-20(23)30)25(38)19(27(40)41)13-36(22)16-3-4-16/h2,5,10-13,16,39H,3-4,6-9,14H2,1H3,(H,33,43)(H,40,41). The van der Waals surface area contributed by atoms with Gasteiger partial charge in [0.15, 0.2) is 5.69 Å². The number of carbonyl (C=O) groups is 1. The van der Waals surface area contributed by atoms with Gasteiger partial charge in [-0.05, 0) is 55.4 Å². The summed E-state index contributed by atoms with van der Waals surface area (Å²) in [6, 6.07) is 8.10. The van der Waals surface area contributed by atoms with Crippen molar-refractivity contribution in [2.75, 3.05) is 38.2 Å². The number of fused-ring (bicyclic) bond motifs is 2. The Kier molecular flexibility index (Phi) is 7.77. The van der Waals surface area contributed by atoms with Gasteiger partial charge in [-0.2, -0.15) is 0 Å². The average molecular weight is 628 g/mol. The summed E-state index contributed by atoms with van der Waals surface area (Å²) in [6.45, 7) is 2.40. The van der Waals surface area contributed by atoms with Crippen LogP contribution in [0.4, 0.5) is 15.8 Å². The maximum Gasteiger partial charge on any atom is 0.341 e. The van der Waals surface area contributed by atoms with Gasteiger partial charge in [0.1, 0.15) is 11.4 Å². The number of piperazine rings is 1. The van der Waals surface area contributed by atoms with Gasteiger partial charge in [0, 0.05) is 54.2 Å². The molecule has 2 aliphatic rings. The summed E-state index contributed by atoms with van der Waals surface area (Å²) < 4.78 is 18.9. The monoisotopic (exact) mass is 627 g/mol. The van der Waals surface area contributed by atoms with Crippen molar-refractivity contribution in [2.24, 2.45) is 10.2 Å². The number of hydrogen-bond donors (Lipinski definition) is 3. The summed E-state index contributed by atoms with van der Waals surface area (Å²) >= 11 is 11.3. The molecule has 3 N–H and O–H groups in total. The second kappa shape index (κ2) is 11.5. The quantitative estimate of drug-likeness (QED) is 0.150. The number of halogens is 2. The van der Waals surface area contributed by atoms with Gasteiger partial charge in [-0.15, -0.1) is 10.2 Å². The zero-order valence-electron chi connectivity index (χ0n) is 23.0. The molecule has 0 spiro atoms. The number of hydroxylamine groups is 1. The van der Waals surface area contributed by atoms with Crippen LogP contribution in [-0.2, 0) is 11.5 Å². The van der Waals surface area contributed by atoms with Crippen molar-refractivity contribution < 1.29 is 24.2 Å². The van der Waals surface area contributed by atoms with Gasteiger partial charge in [-0.3, -0.25) is 19.1 Å². The van der Waals surface area contributed by atoms with Crippen LogP contribution in [0.15, 0.2) is 51.6 Å². The number of nitrogens with one attached hydrogen (secondary N) is 1. The zero-order chi connectivity index (χ0) is 30.4. The minimum absolute atomic E-state index is 0.0154. The molecule has 1 aliphatic carbocycles. The fourth-order valence-electron chi connectivity index (χ4n) is 5.48. The van der Waals surface area contributed by atoms with E-state index in [1.807, 2.05) is 4.90 Å². The molecule has 4 aromatic rings. The molecule has 0 radical (unpaired) electrons. The smallest absolute Gasteiger partial charge is 0.341 e. The second-order valence-corrected chi connectivity index (χ2v) is 11.3. The van der Waals surface area contributed by atoms with Crippen LogP contribution in [-0.4, -0.2) is 68.6 Å². The van der Waals surface area contributed by atoms with Crippen molar-refractivity contribution in [3.8, 4) is 5.88 Å². The summed E-state index contributed by atoms with van der Waals surface area (Å²) in [5.41, 5.74) is 3.14. The lowest BCUT2D eigenvalue weighted by molar-refractivity contribution is 0.0694. The van der Waals surface area contributed by atoms with Gasteiger partial charge in [-0.1, -0.05) is 11.6 Å². The maximum atomic E-state index is 15.4. The van der Waals surface area contributed by atoms with E-state index in [2.05, 4.69) is 20.6 Å². The number of pyridine rings is 1. The molecule has 0 amide bonds. The van der Waals surface area contributed by atoms with E-state index in [4.69, 9.17) is 28.7 Å². The van der Waals surface area contributed by atoms with E-state index in [9.17, 15) is 19.8 Å². The number of carboxylic acids is 1. The second-order valence-electron chi connectivity index (χ2n) is 10.5. The van der Waals surface area contributed by atoms with Crippen LogP contribution in [0.5, 0.6) is 5.88 Å². The highest BCUT2D eigenvalue weighted by Gasteiger charge is 2.29. The van der Waals surface area contributed by atoms with E-state index >= 15 is 4.39 Å². The molecule has 0 atom stereocenters. The third-order valence-electron chi connectivity index (χ3n) is 7.73. The predicted octanol–water partition coefficient (Wildman–Crippen LogP) is 4.79. The van der Waals surface area contributed by atoms with Gasteiger partial charge in [0.25, 0.3) is 0 Å². The van der Waals surface area contributed by atoms with Crippen LogP contribution >= 0.6 is 23.8 Å². The number of rotatable bonds is 7. The first-order chi connectivity index (χ1) is 20.7. The number of hydrogen-bond acceptors (Lipinski definition) is 8. The molecule has 3 heterocycles. The lowest BCUT2D eigenvalue weighted by Crippen LogP contribution is -2.47. The molecule has 2 aromatic carbocycles. The Balaban J connectivity index is 1.25. The summed E-state index contributed by atoms with van der Waals surface area (Å²) in [6.07, 6.45) is 3.12. The van der Waals surface area contributed by atoms with Crippen LogP contribution in [0, 0.1) is 5.82 Å². The molecule has 6 rings (SSSR count). The van der Waals surface area contributed by atoms with Crippen molar-refractivity contribution in [3.63, 3.8) is 0 Å². The largest absolute Gasteiger partial charge is 0.493 e.